The number of nitrogens with one attached hydrogen (secondary N) is 3. The van der Waals surface area contributed by atoms with Crippen LogP contribution in [0.15, 0.2) is 22.5 Å². The normalized spacial score (nSPS) is 17.5. The number of amides is 1. The Labute approximate surface area is 154 Å². The lowest BCUT2D eigenvalue weighted by molar-refractivity contribution is -0.127. The molecule has 0 spiro atoms. The predicted octanol–water partition coefficient (Wildman–Crippen LogP) is 1.82. The van der Waals surface area contributed by atoms with Gasteiger partial charge in [-0.1, -0.05) is 12.5 Å². The largest absolute Gasteiger partial charge is 0.383 e. The fourth-order valence-electron chi connectivity index (χ4n) is 2.56. The Morgan fingerprint density at radius 1 is 1.36 bits per heavy atom. The summed E-state index contributed by atoms with van der Waals surface area (Å²) in [6.07, 6.45) is 4.08. The third-order valence-corrected chi connectivity index (χ3v) is 5.49. The van der Waals surface area contributed by atoms with Crippen LogP contribution in [-0.2, 0) is 10.4 Å². The van der Waals surface area contributed by atoms with E-state index in [-0.39, 0.29) is 11.8 Å². The second kappa shape index (κ2) is 9.77. The van der Waals surface area contributed by atoms with E-state index in [0.717, 1.165) is 37.2 Å². The van der Waals surface area contributed by atoms with Gasteiger partial charge in [-0.3, -0.25) is 4.79 Å². The van der Waals surface area contributed by atoms with Crippen molar-refractivity contribution in [2.45, 2.75) is 45.1 Å². The van der Waals surface area contributed by atoms with Crippen LogP contribution in [0.3, 0.4) is 0 Å². The molecule has 0 radical (unpaired) electrons. The number of aliphatic imine (C=N–C) groups is 1. The molecule has 1 atom stereocenters. The summed E-state index contributed by atoms with van der Waals surface area (Å²) in [7, 11) is 0. The second-order valence-corrected chi connectivity index (χ2v) is 7.59. The van der Waals surface area contributed by atoms with Crippen molar-refractivity contribution in [3.63, 3.8) is 0 Å². The van der Waals surface area contributed by atoms with Crippen molar-refractivity contribution in [3.05, 3.63) is 22.4 Å². The van der Waals surface area contributed by atoms with E-state index in [0.29, 0.717) is 19.0 Å². The van der Waals surface area contributed by atoms with Crippen LogP contribution in [-0.4, -0.2) is 43.2 Å². The van der Waals surface area contributed by atoms with Crippen LogP contribution in [0, 0.1) is 5.92 Å². The van der Waals surface area contributed by atoms with Crippen molar-refractivity contribution in [2.75, 3.05) is 26.2 Å². The van der Waals surface area contributed by atoms with Gasteiger partial charge in [0.15, 0.2) is 5.96 Å². The Hall–Kier alpha value is -1.60. The zero-order valence-corrected chi connectivity index (χ0v) is 16.0. The molecule has 0 bridgehead atoms. The smallest absolute Gasteiger partial charge is 0.223 e. The first-order chi connectivity index (χ1) is 12.0. The van der Waals surface area contributed by atoms with Crippen molar-refractivity contribution in [3.8, 4) is 0 Å². The number of carbonyl (C=O) groups is 1. The predicted molar refractivity (Wildman–Crippen MR) is 103 cm³/mol. The number of aliphatic hydroxyl groups is 1. The molecule has 1 saturated carbocycles. The molecular weight excluding hydrogens is 336 g/mol. The van der Waals surface area contributed by atoms with Gasteiger partial charge in [0.2, 0.25) is 5.91 Å². The summed E-state index contributed by atoms with van der Waals surface area (Å²) in [6, 6.07) is 3.85. The third-order valence-electron chi connectivity index (χ3n) is 4.36. The van der Waals surface area contributed by atoms with Crippen LogP contribution in [0.25, 0.3) is 0 Å². The summed E-state index contributed by atoms with van der Waals surface area (Å²) in [6.45, 7) is 6.23. The fraction of sp³-hybridized carbons (Fsp3) is 0.667. The SMILES string of the molecule is CCNC(=NCC(C)(O)c1cccs1)NCCCNC(=O)C1CCC1. The summed E-state index contributed by atoms with van der Waals surface area (Å²) >= 11 is 1.53. The Balaban J connectivity index is 1.71. The van der Waals surface area contributed by atoms with Gasteiger partial charge in [0.1, 0.15) is 5.60 Å². The quantitative estimate of drug-likeness (QED) is 0.305. The lowest BCUT2D eigenvalue weighted by Gasteiger charge is -2.24. The van der Waals surface area contributed by atoms with E-state index in [1.807, 2.05) is 24.4 Å². The molecular formula is C18H30N4O2S. The number of carbonyl (C=O) groups excluding carboxylic acids is 1. The molecule has 1 heterocycles. The van der Waals surface area contributed by atoms with Gasteiger partial charge < -0.3 is 21.1 Å². The molecule has 1 fully saturated rings. The first kappa shape index (κ1) is 19.7. The second-order valence-electron chi connectivity index (χ2n) is 6.65. The van der Waals surface area contributed by atoms with Crippen LogP contribution in [0.4, 0.5) is 0 Å². The van der Waals surface area contributed by atoms with Crippen molar-refractivity contribution in [1.29, 1.82) is 0 Å². The van der Waals surface area contributed by atoms with Gasteiger partial charge in [-0.2, -0.15) is 0 Å². The number of thiophene rings is 1. The molecule has 0 aromatic carbocycles. The van der Waals surface area contributed by atoms with Gasteiger partial charge in [0.05, 0.1) is 6.54 Å². The maximum Gasteiger partial charge on any atom is 0.223 e. The molecule has 140 valence electrons. The molecule has 1 aliphatic carbocycles. The Morgan fingerprint density at radius 3 is 2.72 bits per heavy atom. The van der Waals surface area contributed by atoms with E-state index in [1.54, 1.807) is 6.92 Å². The van der Waals surface area contributed by atoms with Crippen LogP contribution in [0.2, 0.25) is 0 Å². The van der Waals surface area contributed by atoms with Crippen molar-refractivity contribution in [1.82, 2.24) is 16.0 Å². The molecule has 1 amide bonds. The highest BCUT2D eigenvalue weighted by Gasteiger charge is 2.25. The minimum Gasteiger partial charge on any atom is -0.383 e. The van der Waals surface area contributed by atoms with Crippen LogP contribution < -0.4 is 16.0 Å². The van der Waals surface area contributed by atoms with Crippen molar-refractivity contribution < 1.29 is 9.90 Å². The van der Waals surface area contributed by atoms with Gasteiger partial charge in [-0.05, 0) is 44.6 Å². The van der Waals surface area contributed by atoms with Gasteiger partial charge in [-0.15, -0.1) is 11.3 Å². The average molecular weight is 367 g/mol. The van der Waals surface area contributed by atoms with Crippen molar-refractivity contribution >= 4 is 23.2 Å². The molecule has 1 unspecified atom stereocenters. The fourth-order valence-corrected chi connectivity index (χ4v) is 3.34. The van der Waals surface area contributed by atoms with E-state index >= 15 is 0 Å². The number of hydrogen-bond donors (Lipinski definition) is 4. The first-order valence-corrected chi connectivity index (χ1v) is 9.97. The van der Waals surface area contributed by atoms with Gasteiger partial charge >= 0.3 is 0 Å². The molecule has 6 nitrogen and oxygen atoms in total. The van der Waals surface area contributed by atoms with Crippen LogP contribution >= 0.6 is 11.3 Å². The summed E-state index contributed by atoms with van der Waals surface area (Å²) < 4.78 is 0. The summed E-state index contributed by atoms with van der Waals surface area (Å²) in [5.74, 6) is 1.12. The minimum absolute atomic E-state index is 0.193. The van der Waals surface area contributed by atoms with E-state index in [1.165, 1.54) is 17.8 Å². The van der Waals surface area contributed by atoms with Crippen LogP contribution in [0.5, 0.6) is 0 Å². The van der Waals surface area contributed by atoms with Crippen LogP contribution in [0.1, 0.15) is 44.4 Å². The molecule has 0 saturated heterocycles. The number of rotatable bonds is 9. The zero-order valence-electron chi connectivity index (χ0n) is 15.2. The molecule has 2 rings (SSSR count). The van der Waals surface area contributed by atoms with Gasteiger partial charge in [-0.25, -0.2) is 4.99 Å². The molecule has 7 heteroatoms. The van der Waals surface area contributed by atoms with Gasteiger partial charge in [0.25, 0.3) is 0 Å². The minimum atomic E-state index is -0.965. The molecule has 1 aromatic rings. The monoisotopic (exact) mass is 366 g/mol. The number of nitrogens with zero attached hydrogens (tertiary/aromatic N) is 1. The Bertz CT molecular complexity index is 553. The zero-order chi connectivity index (χ0) is 18.1. The lowest BCUT2D eigenvalue weighted by atomic mass is 9.85. The summed E-state index contributed by atoms with van der Waals surface area (Å²) in [5.41, 5.74) is -0.965. The highest BCUT2D eigenvalue weighted by molar-refractivity contribution is 7.10. The maximum absolute atomic E-state index is 11.8. The Kier molecular flexibility index (Phi) is 7.71. The average Bonchev–Trinajstić information content (AvgIpc) is 3.05. The van der Waals surface area contributed by atoms with E-state index in [9.17, 15) is 9.90 Å². The number of hydrogen-bond acceptors (Lipinski definition) is 4. The molecule has 1 aliphatic rings. The van der Waals surface area contributed by atoms with E-state index in [4.69, 9.17) is 0 Å². The molecule has 1 aromatic heterocycles. The maximum atomic E-state index is 11.8. The molecule has 4 N–H and O–H groups in total. The highest BCUT2D eigenvalue weighted by atomic mass is 32.1. The molecule has 25 heavy (non-hydrogen) atoms. The summed E-state index contributed by atoms with van der Waals surface area (Å²) in [5, 5.41) is 21.9. The van der Waals surface area contributed by atoms with E-state index < -0.39 is 5.60 Å². The Morgan fingerprint density at radius 2 is 2.12 bits per heavy atom. The molecule has 0 aliphatic heterocycles. The standard InChI is InChI=1S/C18H30N4O2S/c1-3-19-17(22-13-18(2,24)15-9-5-12-25-15)21-11-6-10-20-16(23)14-7-4-8-14/h5,9,12,14,24H,3-4,6-8,10-11,13H2,1-2H3,(H,20,23)(H2,19,21,22). The summed E-state index contributed by atoms with van der Waals surface area (Å²) in [4.78, 5) is 17.2. The first-order valence-electron chi connectivity index (χ1n) is 9.09. The van der Waals surface area contributed by atoms with Crippen molar-refractivity contribution in [2.24, 2.45) is 10.9 Å². The highest BCUT2D eigenvalue weighted by Crippen LogP contribution is 2.26. The number of guanidine groups is 1. The topological polar surface area (TPSA) is 85.8 Å². The lowest BCUT2D eigenvalue weighted by Crippen LogP contribution is -2.40. The third kappa shape index (κ3) is 6.32. The van der Waals surface area contributed by atoms with E-state index in [2.05, 4.69) is 20.9 Å². The van der Waals surface area contributed by atoms with Gasteiger partial charge in [0, 0.05) is 30.4 Å².